The van der Waals surface area contributed by atoms with E-state index in [1.807, 2.05) is 0 Å². The molecule has 0 saturated heterocycles. The van der Waals surface area contributed by atoms with Gasteiger partial charge in [0.05, 0.1) is 12.3 Å². The summed E-state index contributed by atoms with van der Waals surface area (Å²) in [6.45, 7) is 5.41. The predicted octanol–water partition coefficient (Wildman–Crippen LogP) is 1.52. The van der Waals surface area contributed by atoms with E-state index in [-0.39, 0.29) is 6.54 Å². The van der Waals surface area contributed by atoms with Crippen LogP contribution in [0.25, 0.3) is 0 Å². The molecule has 1 aromatic carbocycles. The zero-order valence-electron chi connectivity index (χ0n) is 14.4. The SMILES string of the molecule is CN=C(NCC(C)(C)NS(C)(=O)=O)NC(C)c1ccc(F)cc1F. The van der Waals surface area contributed by atoms with E-state index in [4.69, 9.17) is 0 Å². The molecule has 0 bridgehead atoms. The lowest BCUT2D eigenvalue weighted by molar-refractivity contribution is 0.445. The molecule has 1 unspecified atom stereocenters. The van der Waals surface area contributed by atoms with Crippen molar-refractivity contribution in [3.63, 3.8) is 0 Å². The minimum atomic E-state index is -3.35. The van der Waals surface area contributed by atoms with E-state index in [2.05, 4.69) is 20.3 Å². The Hall–Kier alpha value is -1.74. The van der Waals surface area contributed by atoms with Gasteiger partial charge in [-0.05, 0) is 26.8 Å². The molecular weight excluding hydrogens is 338 g/mol. The summed E-state index contributed by atoms with van der Waals surface area (Å²) >= 11 is 0. The molecule has 0 aliphatic carbocycles. The maximum Gasteiger partial charge on any atom is 0.209 e. The number of rotatable bonds is 6. The number of hydrogen-bond acceptors (Lipinski definition) is 3. The van der Waals surface area contributed by atoms with Gasteiger partial charge in [-0.15, -0.1) is 0 Å². The van der Waals surface area contributed by atoms with Crippen molar-refractivity contribution in [2.75, 3.05) is 19.8 Å². The van der Waals surface area contributed by atoms with E-state index in [1.54, 1.807) is 27.8 Å². The molecule has 0 aliphatic rings. The zero-order chi connectivity index (χ0) is 18.5. The van der Waals surface area contributed by atoms with Gasteiger partial charge >= 0.3 is 0 Å². The first kappa shape index (κ1) is 20.3. The molecular formula is C15H24F2N4O2S. The van der Waals surface area contributed by atoms with Crippen LogP contribution in [0.1, 0.15) is 32.4 Å². The van der Waals surface area contributed by atoms with Crippen LogP contribution in [0.15, 0.2) is 23.2 Å². The third-order valence-electron chi connectivity index (χ3n) is 3.17. The van der Waals surface area contributed by atoms with E-state index in [0.29, 0.717) is 11.5 Å². The van der Waals surface area contributed by atoms with Crippen LogP contribution in [0, 0.1) is 11.6 Å². The van der Waals surface area contributed by atoms with Gasteiger partial charge in [-0.3, -0.25) is 4.99 Å². The van der Waals surface area contributed by atoms with Crippen molar-refractivity contribution in [1.82, 2.24) is 15.4 Å². The van der Waals surface area contributed by atoms with Gasteiger partial charge < -0.3 is 10.6 Å². The molecule has 0 aromatic heterocycles. The molecule has 0 spiro atoms. The summed E-state index contributed by atoms with van der Waals surface area (Å²) in [5.41, 5.74) is -0.442. The Morgan fingerprint density at radius 2 is 1.96 bits per heavy atom. The number of nitrogens with one attached hydrogen (secondary N) is 3. The normalized spacial score (nSPS) is 14.4. The van der Waals surface area contributed by atoms with E-state index < -0.39 is 33.2 Å². The molecule has 1 atom stereocenters. The van der Waals surface area contributed by atoms with E-state index >= 15 is 0 Å². The summed E-state index contributed by atoms with van der Waals surface area (Å²) in [5.74, 6) is -0.918. The molecule has 1 aromatic rings. The van der Waals surface area contributed by atoms with Crippen LogP contribution in [0.4, 0.5) is 8.78 Å². The fraction of sp³-hybridized carbons (Fsp3) is 0.533. The third-order valence-corrected chi connectivity index (χ3v) is 4.09. The van der Waals surface area contributed by atoms with Gasteiger partial charge in [-0.2, -0.15) is 0 Å². The molecule has 0 heterocycles. The molecule has 136 valence electrons. The Morgan fingerprint density at radius 1 is 1.33 bits per heavy atom. The van der Waals surface area contributed by atoms with Crippen molar-refractivity contribution in [2.45, 2.75) is 32.4 Å². The largest absolute Gasteiger partial charge is 0.355 e. The summed E-state index contributed by atoms with van der Waals surface area (Å²) in [4.78, 5) is 4.02. The van der Waals surface area contributed by atoms with Crippen LogP contribution >= 0.6 is 0 Å². The lowest BCUT2D eigenvalue weighted by atomic mass is 10.1. The van der Waals surface area contributed by atoms with Crippen LogP contribution in [-0.4, -0.2) is 39.8 Å². The van der Waals surface area contributed by atoms with Crippen molar-refractivity contribution < 1.29 is 17.2 Å². The van der Waals surface area contributed by atoms with Crippen LogP contribution in [0.3, 0.4) is 0 Å². The number of guanidine groups is 1. The maximum atomic E-state index is 13.8. The van der Waals surface area contributed by atoms with Gasteiger partial charge in [0.2, 0.25) is 10.0 Å². The number of sulfonamides is 1. The average molecular weight is 362 g/mol. The van der Waals surface area contributed by atoms with Gasteiger partial charge in [0.25, 0.3) is 0 Å². The molecule has 9 heteroatoms. The van der Waals surface area contributed by atoms with Crippen molar-refractivity contribution in [3.8, 4) is 0 Å². The number of nitrogens with zero attached hydrogens (tertiary/aromatic N) is 1. The summed E-state index contributed by atoms with van der Waals surface area (Å²) in [7, 11) is -1.81. The second kappa shape index (κ2) is 7.89. The lowest BCUT2D eigenvalue weighted by Gasteiger charge is -2.27. The number of benzene rings is 1. The average Bonchev–Trinajstić information content (AvgIpc) is 2.40. The van der Waals surface area contributed by atoms with Crippen molar-refractivity contribution in [1.29, 1.82) is 0 Å². The Bertz CT molecular complexity index is 705. The van der Waals surface area contributed by atoms with Crippen LogP contribution in [0.2, 0.25) is 0 Å². The zero-order valence-corrected chi connectivity index (χ0v) is 15.3. The molecule has 0 amide bonds. The first-order chi connectivity index (χ1) is 10.9. The molecule has 0 radical (unpaired) electrons. The maximum absolute atomic E-state index is 13.8. The summed E-state index contributed by atoms with van der Waals surface area (Å²) in [6, 6.07) is 2.92. The number of aliphatic imine (C=N–C) groups is 1. The molecule has 24 heavy (non-hydrogen) atoms. The summed E-state index contributed by atoms with van der Waals surface area (Å²) in [6.07, 6.45) is 1.08. The molecule has 0 saturated carbocycles. The summed E-state index contributed by atoms with van der Waals surface area (Å²) in [5, 5.41) is 5.96. The minimum Gasteiger partial charge on any atom is -0.355 e. The third kappa shape index (κ3) is 6.79. The summed E-state index contributed by atoms with van der Waals surface area (Å²) < 4.78 is 51.9. The highest BCUT2D eigenvalue weighted by Gasteiger charge is 2.22. The smallest absolute Gasteiger partial charge is 0.209 e. The number of halogens is 2. The highest BCUT2D eigenvalue weighted by atomic mass is 32.2. The second-order valence-corrected chi connectivity index (χ2v) is 7.96. The van der Waals surface area contributed by atoms with Crippen LogP contribution < -0.4 is 15.4 Å². The highest BCUT2D eigenvalue weighted by molar-refractivity contribution is 7.88. The van der Waals surface area contributed by atoms with Crippen molar-refractivity contribution in [3.05, 3.63) is 35.4 Å². The van der Waals surface area contributed by atoms with Gasteiger partial charge in [0.1, 0.15) is 11.6 Å². The van der Waals surface area contributed by atoms with Crippen LogP contribution in [-0.2, 0) is 10.0 Å². The van der Waals surface area contributed by atoms with Gasteiger partial charge in [-0.1, -0.05) is 6.07 Å². The standard InChI is InChI=1S/C15H24F2N4O2S/c1-10(12-7-6-11(16)8-13(12)17)20-14(18-4)19-9-15(2,3)21-24(5,22)23/h6-8,10,21H,9H2,1-5H3,(H2,18,19,20). The Balaban J connectivity index is 2.71. The van der Waals surface area contributed by atoms with E-state index in [0.717, 1.165) is 12.3 Å². The molecule has 6 nitrogen and oxygen atoms in total. The van der Waals surface area contributed by atoms with Crippen molar-refractivity contribution >= 4 is 16.0 Å². The van der Waals surface area contributed by atoms with E-state index in [1.165, 1.54) is 12.1 Å². The lowest BCUT2D eigenvalue weighted by Crippen LogP contribution is -2.53. The minimum absolute atomic E-state index is 0.262. The van der Waals surface area contributed by atoms with Gasteiger partial charge in [0, 0.05) is 30.8 Å². The van der Waals surface area contributed by atoms with E-state index in [9.17, 15) is 17.2 Å². The van der Waals surface area contributed by atoms with Crippen LogP contribution in [0.5, 0.6) is 0 Å². The first-order valence-electron chi connectivity index (χ1n) is 7.34. The number of hydrogen-bond donors (Lipinski definition) is 3. The fourth-order valence-corrected chi connectivity index (χ4v) is 3.25. The highest BCUT2D eigenvalue weighted by Crippen LogP contribution is 2.17. The quantitative estimate of drug-likeness (QED) is 0.529. The van der Waals surface area contributed by atoms with Gasteiger partial charge in [0.15, 0.2) is 5.96 Å². The van der Waals surface area contributed by atoms with Gasteiger partial charge in [-0.25, -0.2) is 21.9 Å². The molecule has 3 N–H and O–H groups in total. The predicted molar refractivity (Wildman–Crippen MR) is 91.3 cm³/mol. The fourth-order valence-electron chi connectivity index (χ4n) is 2.17. The topological polar surface area (TPSA) is 82.6 Å². The molecule has 0 aliphatic heterocycles. The Labute approximate surface area is 141 Å². The van der Waals surface area contributed by atoms with Crippen molar-refractivity contribution in [2.24, 2.45) is 4.99 Å². The Kier molecular flexibility index (Phi) is 6.67. The second-order valence-electron chi connectivity index (χ2n) is 6.22. The molecule has 0 fully saturated rings. The molecule has 1 rings (SSSR count). The first-order valence-corrected chi connectivity index (χ1v) is 9.24. The Morgan fingerprint density at radius 3 is 2.46 bits per heavy atom. The monoisotopic (exact) mass is 362 g/mol.